The molecule has 2 N–H and O–H groups in total. The van der Waals surface area contributed by atoms with Gasteiger partial charge < -0.3 is 0 Å². The van der Waals surface area contributed by atoms with Gasteiger partial charge in [-0.25, -0.2) is 21.9 Å². The molecule has 1 fully saturated rings. The van der Waals surface area contributed by atoms with Crippen molar-refractivity contribution < 1.29 is 17.2 Å². The van der Waals surface area contributed by atoms with Gasteiger partial charge in [0.2, 0.25) is 10.0 Å². The maximum absolute atomic E-state index is 14.8. The van der Waals surface area contributed by atoms with E-state index in [1.165, 1.54) is 24.3 Å². The van der Waals surface area contributed by atoms with Crippen LogP contribution in [-0.2, 0) is 10.0 Å². The number of hydrogen-bond acceptors (Lipinski definition) is 3. The zero-order valence-electron chi connectivity index (χ0n) is 14.8. The summed E-state index contributed by atoms with van der Waals surface area (Å²) < 4.78 is 54.5. The van der Waals surface area contributed by atoms with Gasteiger partial charge in [-0.3, -0.25) is 5.10 Å². The minimum Gasteiger partial charge on any atom is -0.279 e. The van der Waals surface area contributed by atoms with Crippen molar-refractivity contribution in [1.82, 2.24) is 14.9 Å². The number of halogens is 2. The van der Waals surface area contributed by atoms with Crippen molar-refractivity contribution in [3.05, 3.63) is 41.6 Å². The molecule has 1 heterocycles. The third-order valence-electron chi connectivity index (χ3n) is 4.94. The molecule has 1 saturated carbocycles. The monoisotopic (exact) mass is 383 g/mol. The Balaban J connectivity index is 1.68. The molecular weight excluding hydrogens is 360 g/mol. The van der Waals surface area contributed by atoms with Gasteiger partial charge in [-0.15, -0.1) is 0 Å². The molecule has 8 heteroatoms. The molecule has 0 unspecified atom stereocenters. The number of nitrogens with zero attached hydrogens (tertiary/aromatic N) is 1. The Morgan fingerprint density at radius 3 is 2.31 bits per heavy atom. The predicted molar refractivity (Wildman–Crippen MR) is 96.1 cm³/mol. The standard InChI is InChI=1S/C18H23F2N3O2S/c1-11(2)26(24,25)23-15-9-5-13(6-10-15)18-16(20)17(21-22-18)12-3-7-14(19)8-4-12/h3-4,7-8,11,13,15,23H,5-6,9-10H2,1-2H3,(H,21,22). The number of aromatic amines is 1. The van der Waals surface area contributed by atoms with Crippen LogP contribution in [0.1, 0.15) is 51.1 Å². The molecule has 1 aliphatic rings. The van der Waals surface area contributed by atoms with Gasteiger partial charge in [0.05, 0.1) is 10.9 Å². The van der Waals surface area contributed by atoms with Gasteiger partial charge in [-0.05, 0) is 63.8 Å². The molecule has 2 aromatic rings. The lowest BCUT2D eigenvalue weighted by Gasteiger charge is -2.28. The van der Waals surface area contributed by atoms with Crippen LogP contribution in [0.3, 0.4) is 0 Å². The summed E-state index contributed by atoms with van der Waals surface area (Å²) in [6.07, 6.45) is 2.66. The first kappa shape index (κ1) is 19.0. The molecule has 0 saturated heterocycles. The van der Waals surface area contributed by atoms with Crippen LogP contribution >= 0.6 is 0 Å². The summed E-state index contributed by atoms with van der Waals surface area (Å²) in [5, 5.41) is 6.37. The second-order valence-electron chi connectivity index (χ2n) is 7.07. The van der Waals surface area contributed by atoms with Crippen molar-refractivity contribution in [2.24, 2.45) is 0 Å². The maximum atomic E-state index is 14.8. The first-order chi connectivity index (χ1) is 12.3. The molecule has 0 amide bonds. The molecule has 0 bridgehead atoms. The smallest absolute Gasteiger partial charge is 0.214 e. The molecule has 0 radical (unpaired) electrons. The van der Waals surface area contributed by atoms with E-state index in [0.717, 1.165) is 0 Å². The normalized spacial score (nSPS) is 21.3. The fraction of sp³-hybridized carbons (Fsp3) is 0.500. The molecule has 0 spiro atoms. The maximum Gasteiger partial charge on any atom is 0.214 e. The first-order valence-electron chi connectivity index (χ1n) is 8.78. The summed E-state index contributed by atoms with van der Waals surface area (Å²) in [6, 6.07) is 5.43. The van der Waals surface area contributed by atoms with Crippen LogP contribution in [0.2, 0.25) is 0 Å². The van der Waals surface area contributed by atoms with E-state index in [2.05, 4.69) is 14.9 Å². The Labute approximate surface area is 152 Å². The highest BCUT2D eigenvalue weighted by Crippen LogP contribution is 2.36. The Morgan fingerprint density at radius 2 is 1.73 bits per heavy atom. The lowest BCUT2D eigenvalue weighted by atomic mass is 9.84. The molecule has 1 aromatic heterocycles. The third kappa shape index (κ3) is 3.96. The number of H-pyrrole nitrogens is 1. The molecule has 1 aliphatic carbocycles. The number of aromatic nitrogens is 2. The van der Waals surface area contributed by atoms with Crippen molar-refractivity contribution in [3.63, 3.8) is 0 Å². The largest absolute Gasteiger partial charge is 0.279 e. The highest BCUT2D eigenvalue weighted by atomic mass is 32.2. The number of benzene rings is 1. The van der Waals surface area contributed by atoms with Crippen LogP contribution in [0.15, 0.2) is 24.3 Å². The van der Waals surface area contributed by atoms with Crippen LogP contribution in [-0.4, -0.2) is 29.9 Å². The average molecular weight is 383 g/mol. The Bertz CT molecular complexity index is 855. The zero-order chi connectivity index (χ0) is 18.9. The van der Waals surface area contributed by atoms with Crippen molar-refractivity contribution in [2.45, 2.75) is 56.7 Å². The van der Waals surface area contributed by atoms with Crippen LogP contribution in [0.4, 0.5) is 8.78 Å². The van der Waals surface area contributed by atoms with Gasteiger partial charge in [-0.1, -0.05) is 0 Å². The molecule has 0 atom stereocenters. The molecule has 5 nitrogen and oxygen atoms in total. The van der Waals surface area contributed by atoms with Crippen molar-refractivity contribution in [2.75, 3.05) is 0 Å². The molecule has 1 aromatic carbocycles. The summed E-state index contributed by atoms with van der Waals surface area (Å²) in [7, 11) is -3.30. The summed E-state index contributed by atoms with van der Waals surface area (Å²) in [6.45, 7) is 3.29. The van der Waals surface area contributed by atoms with Gasteiger partial charge in [0.25, 0.3) is 0 Å². The van der Waals surface area contributed by atoms with Gasteiger partial charge >= 0.3 is 0 Å². The van der Waals surface area contributed by atoms with Crippen LogP contribution < -0.4 is 4.72 Å². The minimum atomic E-state index is -3.30. The minimum absolute atomic E-state index is 0.0310. The van der Waals surface area contributed by atoms with Crippen molar-refractivity contribution in [3.8, 4) is 11.3 Å². The number of sulfonamides is 1. The van der Waals surface area contributed by atoms with Gasteiger partial charge in [0, 0.05) is 17.5 Å². The van der Waals surface area contributed by atoms with Gasteiger partial charge in [0.1, 0.15) is 11.5 Å². The van der Waals surface area contributed by atoms with Gasteiger partial charge in [-0.2, -0.15) is 5.10 Å². The summed E-state index contributed by atoms with van der Waals surface area (Å²) >= 11 is 0. The van der Waals surface area contributed by atoms with E-state index in [1.54, 1.807) is 13.8 Å². The molecular formula is C18H23F2N3O2S. The van der Waals surface area contributed by atoms with Crippen LogP contribution in [0.5, 0.6) is 0 Å². The fourth-order valence-corrected chi connectivity index (χ4v) is 4.25. The Hall–Kier alpha value is -1.80. The number of hydrogen-bond donors (Lipinski definition) is 2. The highest BCUT2D eigenvalue weighted by molar-refractivity contribution is 7.90. The van der Waals surface area contributed by atoms with E-state index in [9.17, 15) is 17.2 Å². The fourth-order valence-electron chi connectivity index (χ4n) is 3.28. The van der Waals surface area contributed by atoms with Crippen LogP contribution in [0, 0.1) is 11.6 Å². The summed E-state index contributed by atoms with van der Waals surface area (Å²) in [5.74, 6) is -0.827. The number of rotatable bonds is 5. The molecule has 0 aliphatic heterocycles. The Morgan fingerprint density at radius 1 is 1.12 bits per heavy atom. The lowest BCUT2D eigenvalue weighted by molar-refractivity contribution is 0.362. The van der Waals surface area contributed by atoms with E-state index < -0.39 is 21.1 Å². The first-order valence-corrected chi connectivity index (χ1v) is 10.3. The molecule has 142 valence electrons. The van der Waals surface area contributed by atoms with Crippen LogP contribution in [0.25, 0.3) is 11.3 Å². The zero-order valence-corrected chi connectivity index (χ0v) is 15.6. The Kier molecular flexibility index (Phi) is 5.43. The third-order valence-corrected chi connectivity index (χ3v) is 6.84. The predicted octanol–water partition coefficient (Wildman–Crippen LogP) is 3.71. The SMILES string of the molecule is CC(C)S(=O)(=O)NC1CCC(c2[nH]nc(-c3ccc(F)cc3)c2F)CC1. The highest BCUT2D eigenvalue weighted by Gasteiger charge is 2.30. The van der Waals surface area contributed by atoms with Gasteiger partial charge in [0.15, 0.2) is 5.82 Å². The lowest BCUT2D eigenvalue weighted by Crippen LogP contribution is -2.40. The second kappa shape index (κ2) is 7.44. The molecule has 26 heavy (non-hydrogen) atoms. The van der Waals surface area contributed by atoms with E-state index >= 15 is 0 Å². The van der Waals surface area contributed by atoms with Crippen molar-refractivity contribution >= 4 is 10.0 Å². The quantitative estimate of drug-likeness (QED) is 0.827. The van der Waals surface area contributed by atoms with E-state index in [0.29, 0.717) is 36.9 Å². The summed E-state index contributed by atoms with van der Waals surface area (Å²) in [4.78, 5) is 0. The van der Waals surface area contributed by atoms with E-state index in [-0.39, 0.29) is 23.5 Å². The van der Waals surface area contributed by atoms with Crippen molar-refractivity contribution in [1.29, 1.82) is 0 Å². The van der Waals surface area contributed by atoms with E-state index in [4.69, 9.17) is 0 Å². The van der Waals surface area contributed by atoms with E-state index in [1.807, 2.05) is 0 Å². The summed E-state index contributed by atoms with van der Waals surface area (Å²) in [5.41, 5.74) is 1.14. The topological polar surface area (TPSA) is 74.8 Å². The molecule has 3 rings (SSSR count). The second-order valence-corrected chi connectivity index (χ2v) is 9.34. The number of nitrogens with one attached hydrogen (secondary N) is 2. The average Bonchev–Trinajstić information content (AvgIpc) is 2.97.